The van der Waals surface area contributed by atoms with Crippen molar-refractivity contribution in [2.45, 2.75) is 25.8 Å². The first kappa shape index (κ1) is 14.4. The third kappa shape index (κ3) is 3.57. The maximum atomic E-state index is 5.80. The van der Waals surface area contributed by atoms with E-state index in [-0.39, 0.29) is 0 Å². The second-order valence-electron chi connectivity index (χ2n) is 5.20. The predicted molar refractivity (Wildman–Crippen MR) is 86.5 cm³/mol. The van der Waals surface area contributed by atoms with E-state index >= 15 is 0 Å². The maximum absolute atomic E-state index is 5.80. The molecule has 2 aromatic rings. The summed E-state index contributed by atoms with van der Waals surface area (Å²) >= 11 is 1.75. The first-order chi connectivity index (χ1) is 10.4. The molecule has 1 unspecified atom stereocenters. The molecule has 21 heavy (non-hydrogen) atoms. The van der Waals surface area contributed by atoms with Crippen molar-refractivity contribution < 1.29 is 9.47 Å². The molecule has 1 aliphatic heterocycles. The Bertz CT molecular complexity index is 568. The Kier molecular flexibility index (Phi) is 4.78. The van der Waals surface area contributed by atoms with Gasteiger partial charge in [-0.2, -0.15) is 11.3 Å². The van der Waals surface area contributed by atoms with Crippen molar-refractivity contribution in [3.05, 3.63) is 46.2 Å². The molecule has 0 saturated carbocycles. The average molecular weight is 303 g/mol. The highest BCUT2D eigenvalue weighted by Gasteiger charge is 2.16. The fourth-order valence-corrected chi connectivity index (χ4v) is 3.28. The van der Waals surface area contributed by atoms with Crippen molar-refractivity contribution in [1.29, 1.82) is 0 Å². The summed E-state index contributed by atoms with van der Waals surface area (Å²) in [4.78, 5) is 0. The van der Waals surface area contributed by atoms with Crippen LogP contribution in [-0.4, -0.2) is 19.8 Å². The lowest BCUT2D eigenvalue weighted by atomic mass is 10.00. The zero-order valence-corrected chi connectivity index (χ0v) is 13.1. The number of rotatable bonds is 5. The molecule has 0 fully saturated rings. The van der Waals surface area contributed by atoms with Gasteiger partial charge in [0.05, 0.1) is 13.2 Å². The van der Waals surface area contributed by atoms with Crippen LogP contribution in [0.1, 0.15) is 30.5 Å². The molecule has 0 spiro atoms. The van der Waals surface area contributed by atoms with Gasteiger partial charge in [-0.05, 0) is 53.1 Å². The van der Waals surface area contributed by atoms with Crippen LogP contribution in [0.15, 0.2) is 35.0 Å². The summed E-state index contributed by atoms with van der Waals surface area (Å²) in [6.45, 7) is 4.55. The molecule has 1 aromatic carbocycles. The molecular weight excluding hydrogens is 282 g/mol. The zero-order valence-electron chi connectivity index (χ0n) is 12.3. The van der Waals surface area contributed by atoms with Crippen LogP contribution in [-0.2, 0) is 6.42 Å². The van der Waals surface area contributed by atoms with Crippen molar-refractivity contribution in [2.24, 2.45) is 0 Å². The SMILES string of the molecule is CCNC(Cc1ccsc1)c1ccc2c(c1)OCCCO2. The Morgan fingerprint density at radius 1 is 1.19 bits per heavy atom. The third-order valence-electron chi connectivity index (χ3n) is 3.64. The topological polar surface area (TPSA) is 30.5 Å². The van der Waals surface area contributed by atoms with E-state index in [4.69, 9.17) is 9.47 Å². The van der Waals surface area contributed by atoms with Crippen molar-refractivity contribution in [3.8, 4) is 11.5 Å². The van der Waals surface area contributed by atoms with Crippen molar-refractivity contribution in [3.63, 3.8) is 0 Å². The van der Waals surface area contributed by atoms with Crippen LogP contribution in [0, 0.1) is 0 Å². The summed E-state index contributed by atoms with van der Waals surface area (Å²) in [6, 6.07) is 8.81. The number of likely N-dealkylation sites (N-methyl/N-ethyl adjacent to an activating group) is 1. The van der Waals surface area contributed by atoms with Gasteiger partial charge in [-0.3, -0.25) is 0 Å². The van der Waals surface area contributed by atoms with Crippen molar-refractivity contribution in [1.82, 2.24) is 5.32 Å². The fraction of sp³-hybridized carbons (Fsp3) is 0.412. The van der Waals surface area contributed by atoms with Gasteiger partial charge in [0.2, 0.25) is 0 Å². The normalized spacial score (nSPS) is 15.5. The number of nitrogens with one attached hydrogen (secondary N) is 1. The molecule has 0 aliphatic carbocycles. The van der Waals surface area contributed by atoms with Gasteiger partial charge in [-0.25, -0.2) is 0 Å². The van der Waals surface area contributed by atoms with Crippen molar-refractivity contribution in [2.75, 3.05) is 19.8 Å². The van der Waals surface area contributed by atoms with E-state index in [2.05, 4.69) is 41.2 Å². The molecule has 0 radical (unpaired) electrons. The minimum atomic E-state index is 0.307. The zero-order chi connectivity index (χ0) is 14.5. The highest BCUT2D eigenvalue weighted by molar-refractivity contribution is 7.07. The minimum absolute atomic E-state index is 0.307. The van der Waals surface area contributed by atoms with Crippen LogP contribution < -0.4 is 14.8 Å². The first-order valence-corrected chi connectivity index (χ1v) is 8.45. The quantitative estimate of drug-likeness (QED) is 0.911. The van der Waals surface area contributed by atoms with Gasteiger partial charge >= 0.3 is 0 Å². The van der Waals surface area contributed by atoms with E-state index in [1.807, 2.05) is 6.07 Å². The molecule has 3 rings (SSSR count). The third-order valence-corrected chi connectivity index (χ3v) is 4.38. The molecule has 2 heterocycles. The summed E-state index contributed by atoms with van der Waals surface area (Å²) < 4.78 is 11.5. The summed E-state index contributed by atoms with van der Waals surface area (Å²) in [5.41, 5.74) is 2.63. The Morgan fingerprint density at radius 3 is 2.81 bits per heavy atom. The lowest BCUT2D eigenvalue weighted by Crippen LogP contribution is -2.22. The van der Waals surface area contributed by atoms with Gasteiger partial charge in [-0.15, -0.1) is 0 Å². The minimum Gasteiger partial charge on any atom is -0.490 e. The van der Waals surface area contributed by atoms with Crippen LogP contribution in [0.5, 0.6) is 11.5 Å². The Labute approximate surface area is 129 Å². The van der Waals surface area contributed by atoms with Crippen molar-refractivity contribution >= 4 is 11.3 Å². The van der Waals surface area contributed by atoms with Gasteiger partial charge in [0.1, 0.15) is 0 Å². The number of hydrogen-bond acceptors (Lipinski definition) is 4. The Hall–Kier alpha value is -1.52. The second-order valence-corrected chi connectivity index (χ2v) is 5.98. The smallest absolute Gasteiger partial charge is 0.161 e. The molecule has 0 bridgehead atoms. The van der Waals surface area contributed by atoms with Crippen LogP contribution in [0.25, 0.3) is 0 Å². The van der Waals surface area contributed by atoms with Gasteiger partial charge in [-0.1, -0.05) is 13.0 Å². The number of ether oxygens (including phenoxy) is 2. The van der Waals surface area contributed by atoms with Crippen LogP contribution >= 0.6 is 11.3 Å². The van der Waals surface area contributed by atoms with Crippen LogP contribution in [0.3, 0.4) is 0 Å². The monoisotopic (exact) mass is 303 g/mol. The molecule has 1 aromatic heterocycles. The molecule has 0 amide bonds. The van der Waals surface area contributed by atoms with E-state index in [0.717, 1.165) is 44.1 Å². The lowest BCUT2D eigenvalue weighted by Gasteiger charge is -2.19. The predicted octanol–water partition coefficient (Wildman–Crippen LogP) is 3.80. The summed E-state index contributed by atoms with van der Waals surface area (Å²) in [5.74, 6) is 1.74. The highest BCUT2D eigenvalue weighted by atomic mass is 32.1. The number of hydrogen-bond donors (Lipinski definition) is 1. The van der Waals surface area contributed by atoms with E-state index < -0.39 is 0 Å². The molecule has 1 aliphatic rings. The Morgan fingerprint density at radius 2 is 2.05 bits per heavy atom. The molecule has 4 heteroatoms. The summed E-state index contributed by atoms with van der Waals surface area (Å²) in [7, 11) is 0. The van der Waals surface area contributed by atoms with E-state index in [1.165, 1.54) is 11.1 Å². The molecule has 1 atom stereocenters. The van der Waals surface area contributed by atoms with E-state index in [9.17, 15) is 0 Å². The molecule has 112 valence electrons. The number of benzene rings is 1. The van der Waals surface area contributed by atoms with E-state index in [0.29, 0.717) is 6.04 Å². The number of thiophene rings is 1. The fourth-order valence-electron chi connectivity index (χ4n) is 2.60. The molecule has 0 saturated heterocycles. The number of fused-ring (bicyclic) bond motifs is 1. The summed E-state index contributed by atoms with van der Waals surface area (Å²) in [6.07, 6.45) is 1.94. The van der Waals surface area contributed by atoms with Gasteiger partial charge in [0.15, 0.2) is 11.5 Å². The average Bonchev–Trinajstić information content (AvgIpc) is 2.90. The van der Waals surface area contributed by atoms with E-state index in [1.54, 1.807) is 11.3 Å². The second kappa shape index (κ2) is 6.96. The standard InChI is InChI=1S/C17H21NO2S/c1-2-18-15(10-13-6-9-21-12-13)14-4-5-16-17(11-14)20-8-3-7-19-16/h4-6,9,11-12,15,18H,2-3,7-8,10H2,1H3. The highest BCUT2D eigenvalue weighted by Crippen LogP contribution is 2.33. The van der Waals surface area contributed by atoms with Crippen LogP contribution in [0.2, 0.25) is 0 Å². The first-order valence-electron chi connectivity index (χ1n) is 7.51. The molecule has 3 nitrogen and oxygen atoms in total. The van der Waals surface area contributed by atoms with Gasteiger partial charge in [0.25, 0.3) is 0 Å². The molecular formula is C17H21NO2S. The van der Waals surface area contributed by atoms with Gasteiger partial charge < -0.3 is 14.8 Å². The van der Waals surface area contributed by atoms with Crippen LogP contribution in [0.4, 0.5) is 0 Å². The summed E-state index contributed by atoms with van der Waals surface area (Å²) in [5, 5.41) is 7.91. The Balaban J connectivity index is 1.83. The maximum Gasteiger partial charge on any atom is 0.161 e. The molecule has 1 N–H and O–H groups in total. The lowest BCUT2D eigenvalue weighted by molar-refractivity contribution is 0.297. The van der Waals surface area contributed by atoms with Gasteiger partial charge in [0, 0.05) is 12.5 Å². The largest absolute Gasteiger partial charge is 0.490 e.